The number of carbonyl (C=O) groups excluding carboxylic acids is 3. The Morgan fingerprint density at radius 2 is 1.88 bits per heavy atom. The summed E-state index contributed by atoms with van der Waals surface area (Å²) in [7, 11) is 1.56. The predicted octanol–water partition coefficient (Wildman–Crippen LogP) is 5.06. The highest BCUT2D eigenvalue weighted by Crippen LogP contribution is 2.38. The van der Waals surface area contributed by atoms with Crippen molar-refractivity contribution in [1.29, 1.82) is 0 Å². The van der Waals surface area contributed by atoms with Gasteiger partial charge >= 0.3 is 5.97 Å². The molecule has 1 saturated heterocycles. The highest BCUT2D eigenvalue weighted by Gasteiger charge is 2.23. The van der Waals surface area contributed by atoms with Crippen LogP contribution in [-0.4, -0.2) is 74.3 Å². The second-order valence-electron chi connectivity index (χ2n) is 9.12. The van der Waals surface area contributed by atoms with Crippen molar-refractivity contribution in [3.05, 3.63) is 59.3 Å². The number of hydrogen-bond acceptors (Lipinski definition) is 10. The van der Waals surface area contributed by atoms with Crippen molar-refractivity contribution < 1.29 is 33.3 Å². The van der Waals surface area contributed by atoms with E-state index < -0.39 is 5.97 Å². The topological polar surface area (TPSA) is 116 Å². The lowest BCUT2D eigenvalue weighted by Gasteiger charge is -2.27. The van der Waals surface area contributed by atoms with Gasteiger partial charge in [-0.1, -0.05) is 30.0 Å². The first-order valence-electron chi connectivity index (χ1n) is 13.3. The Bertz CT molecular complexity index is 1350. The largest absolute Gasteiger partial charge is 0.496 e. The van der Waals surface area contributed by atoms with E-state index in [1.807, 2.05) is 26.0 Å². The monoisotopic (exact) mass is 599 g/mol. The normalized spacial score (nSPS) is 13.1. The Morgan fingerprint density at radius 1 is 1.12 bits per heavy atom. The lowest BCUT2D eigenvalue weighted by Crippen LogP contribution is -2.40. The molecule has 0 spiro atoms. The molecule has 4 rings (SSSR count). The minimum absolute atomic E-state index is 0.0916. The molecule has 0 aliphatic carbocycles. The first-order valence-corrected chi connectivity index (χ1v) is 14.9. The fourth-order valence-corrected chi connectivity index (χ4v) is 5.88. The van der Waals surface area contributed by atoms with E-state index in [4.69, 9.17) is 18.9 Å². The molecule has 1 aromatic heterocycles. The zero-order valence-electron chi connectivity index (χ0n) is 23.3. The van der Waals surface area contributed by atoms with E-state index >= 15 is 0 Å². The number of methoxy groups -OCH3 is 1. The van der Waals surface area contributed by atoms with Gasteiger partial charge in [0.05, 0.1) is 49.3 Å². The SMILES string of the molecule is CCCOCCC(=O)Oc1ccc(C(=O)Nc2ncc(Sc3cc(C(=O)N4CCOCC4)c(OC)cc3C)s2)cc1. The number of carbonyl (C=O) groups is 3. The maximum atomic E-state index is 13.2. The van der Waals surface area contributed by atoms with E-state index in [1.54, 1.807) is 42.5 Å². The Morgan fingerprint density at radius 3 is 2.59 bits per heavy atom. The molecular formula is C29H33N3O7S2. The second kappa shape index (κ2) is 15.0. The van der Waals surface area contributed by atoms with Crippen molar-refractivity contribution in [3.63, 3.8) is 0 Å². The third kappa shape index (κ3) is 8.52. The van der Waals surface area contributed by atoms with Gasteiger partial charge in [-0.3, -0.25) is 19.7 Å². The zero-order chi connectivity index (χ0) is 29.2. The average molecular weight is 600 g/mol. The van der Waals surface area contributed by atoms with Crippen LogP contribution in [0.3, 0.4) is 0 Å². The molecule has 41 heavy (non-hydrogen) atoms. The van der Waals surface area contributed by atoms with Gasteiger partial charge in [0.25, 0.3) is 11.8 Å². The van der Waals surface area contributed by atoms with Crippen molar-refractivity contribution in [1.82, 2.24) is 9.88 Å². The second-order valence-corrected chi connectivity index (χ2v) is 11.5. The number of aromatic nitrogens is 1. The summed E-state index contributed by atoms with van der Waals surface area (Å²) in [4.78, 5) is 44.9. The smallest absolute Gasteiger partial charge is 0.313 e. The molecule has 1 aliphatic heterocycles. The van der Waals surface area contributed by atoms with Gasteiger partial charge in [0.1, 0.15) is 11.5 Å². The number of hydrogen-bond donors (Lipinski definition) is 1. The summed E-state index contributed by atoms with van der Waals surface area (Å²) in [5.41, 5.74) is 1.86. The number of aryl methyl sites for hydroxylation is 1. The number of anilines is 1. The van der Waals surface area contributed by atoms with Crippen LogP contribution in [0, 0.1) is 6.92 Å². The van der Waals surface area contributed by atoms with Gasteiger partial charge in [0, 0.05) is 30.2 Å². The van der Waals surface area contributed by atoms with Gasteiger partial charge < -0.3 is 23.8 Å². The van der Waals surface area contributed by atoms with Crippen LogP contribution in [-0.2, 0) is 14.3 Å². The number of amides is 2. The van der Waals surface area contributed by atoms with Gasteiger partial charge in [-0.05, 0) is 55.3 Å². The number of esters is 1. The van der Waals surface area contributed by atoms with Crippen molar-refractivity contribution in [2.75, 3.05) is 51.9 Å². The molecular weight excluding hydrogens is 566 g/mol. The molecule has 0 saturated carbocycles. The number of ether oxygens (including phenoxy) is 4. The molecule has 1 aliphatic rings. The number of nitrogens with one attached hydrogen (secondary N) is 1. The Hall–Kier alpha value is -3.45. The van der Waals surface area contributed by atoms with Gasteiger partial charge in [0.15, 0.2) is 5.13 Å². The van der Waals surface area contributed by atoms with Crippen molar-refractivity contribution in [2.24, 2.45) is 0 Å². The van der Waals surface area contributed by atoms with Crippen molar-refractivity contribution in [2.45, 2.75) is 35.8 Å². The maximum absolute atomic E-state index is 13.2. The van der Waals surface area contributed by atoms with Gasteiger partial charge in [-0.15, -0.1) is 0 Å². The molecule has 218 valence electrons. The van der Waals surface area contributed by atoms with E-state index in [1.165, 1.54) is 23.1 Å². The highest BCUT2D eigenvalue weighted by molar-refractivity contribution is 8.01. The molecule has 2 aromatic carbocycles. The van der Waals surface area contributed by atoms with Crippen LogP contribution in [0.25, 0.3) is 0 Å². The Kier molecular flexibility index (Phi) is 11.1. The highest BCUT2D eigenvalue weighted by atomic mass is 32.2. The molecule has 1 N–H and O–H groups in total. The van der Waals surface area contributed by atoms with E-state index in [0.717, 1.165) is 21.1 Å². The van der Waals surface area contributed by atoms with E-state index in [2.05, 4.69) is 10.3 Å². The summed E-state index contributed by atoms with van der Waals surface area (Å²) in [6, 6.07) is 10.0. The third-order valence-electron chi connectivity index (χ3n) is 6.09. The predicted molar refractivity (Wildman–Crippen MR) is 156 cm³/mol. The number of thiazole rings is 1. The summed E-state index contributed by atoms with van der Waals surface area (Å²) >= 11 is 2.80. The summed E-state index contributed by atoms with van der Waals surface area (Å²) in [5, 5.41) is 3.25. The zero-order valence-corrected chi connectivity index (χ0v) is 24.9. The minimum atomic E-state index is -0.393. The lowest BCUT2D eigenvalue weighted by molar-refractivity contribution is -0.135. The van der Waals surface area contributed by atoms with E-state index in [9.17, 15) is 14.4 Å². The van der Waals surface area contributed by atoms with Crippen molar-refractivity contribution in [3.8, 4) is 11.5 Å². The fraction of sp³-hybridized carbons (Fsp3) is 0.379. The van der Waals surface area contributed by atoms with Crippen LogP contribution >= 0.6 is 23.1 Å². The van der Waals surface area contributed by atoms with Crippen LogP contribution in [0.4, 0.5) is 5.13 Å². The molecule has 3 aromatic rings. The first-order chi connectivity index (χ1) is 19.9. The molecule has 10 nitrogen and oxygen atoms in total. The quantitative estimate of drug-likeness (QED) is 0.173. The Balaban J connectivity index is 1.36. The van der Waals surface area contributed by atoms with Crippen LogP contribution in [0.1, 0.15) is 46.0 Å². The number of rotatable bonds is 12. The molecule has 2 amide bonds. The molecule has 12 heteroatoms. The third-order valence-corrected chi connectivity index (χ3v) is 8.26. The summed E-state index contributed by atoms with van der Waals surface area (Å²) in [5.74, 6) is 0.0706. The van der Waals surface area contributed by atoms with Gasteiger partial charge in [-0.25, -0.2) is 4.98 Å². The lowest BCUT2D eigenvalue weighted by atomic mass is 10.1. The Labute approximate surface area is 247 Å². The first kappa shape index (κ1) is 30.5. The standard InChI is InChI=1S/C29H33N3O7S2/c1-4-12-37-13-9-25(33)39-21-7-5-20(6-8-21)27(34)31-29-30-18-26(41-29)40-24-17-22(23(36-3)16-19(24)2)28(35)32-10-14-38-15-11-32/h5-8,16-18H,4,9-15H2,1-3H3,(H,30,31,34). The number of nitrogens with zero attached hydrogens (tertiary/aromatic N) is 2. The summed E-state index contributed by atoms with van der Waals surface area (Å²) in [6.07, 6.45) is 2.74. The number of benzene rings is 2. The van der Waals surface area contributed by atoms with Gasteiger partial charge in [0.2, 0.25) is 0 Å². The van der Waals surface area contributed by atoms with Gasteiger partial charge in [-0.2, -0.15) is 0 Å². The van der Waals surface area contributed by atoms with Crippen LogP contribution in [0.15, 0.2) is 51.7 Å². The van der Waals surface area contributed by atoms with Crippen LogP contribution < -0.4 is 14.8 Å². The molecule has 2 heterocycles. The number of morpholine rings is 1. The fourth-order valence-electron chi connectivity index (χ4n) is 3.95. The maximum Gasteiger partial charge on any atom is 0.313 e. The van der Waals surface area contributed by atoms with Crippen LogP contribution in [0.5, 0.6) is 11.5 Å². The van der Waals surface area contributed by atoms with E-state index in [-0.39, 0.29) is 18.2 Å². The average Bonchev–Trinajstić information content (AvgIpc) is 3.43. The van der Waals surface area contributed by atoms with E-state index in [0.29, 0.717) is 67.3 Å². The summed E-state index contributed by atoms with van der Waals surface area (Å²) < 4.78 is 22.3. The summed E-state index contributed by atoms with van der Waals surface area (Å²) in [6.45, 7) is 6.99. The molecule has 0 bridgehead atoms. The molecule has 0 unspecified atom stereocenters. The molecule has 1 fully saturated rings. The minimum Gasteiger partial charge on any atom is -0.496 e. The van der Waals surface area contributed by atoms with Crippen LogP contribution in [0.2, 0.25) is 0 Å². The molecule has 0 radical (unpaired) electrons. The van der Waals surface area contributed by atoms with Crippen molar-refractivity contribution >= 4 is 46.0 Å². The molecule has 0 atom stereocenters.